The van der Waals surface area contributed by atoms with Crippen molar-refractivity contribution in [2.45, 2.75) is 19.4 Å². The quantitative estimate of drug-likeness (QED) is 0.509. The lowest BCUT2D eigenvalue weighted by atomic mass is 9.93. The van der Waals surface area contributed by atoms with Crippen molar-refractivity contribution in [3.63, 3.8) is 0 Å². The number of para-hydroxylation sites is 1. The molecule has 4 heteroatoms. The van der Waals surface area contributed by atoms with Crippen molar-refractivity contribution in [1.82, 2.24) is 0 Å². The summed E-state index contributed by atoms with van der Waals surface area (Å²) in [5.41, 5.74) is 2.65. The Morgan fingerprint density at radius 2 is 1.74 bits per heavy atom. The van der Waals surface area contributed by atoms with Gasteiger partial charge in [-0.1, -0.05) is 48.0 Å². The lowest BCUT2D eigenvalue weighted by molar-refractivity contribution is 0.0247. The van der Waals surface area contributed by atoms with Gasteiger partial charge in [0.1, 0.15) is 17.3 Å². The van der Waals surface area contributed by atoms with Crippen LogP contribution < -0.4 is 5.63 Å². The van der Waals surface area contributed by atoms with E-state index in [0.29, 0.717) is 17.6 Å². The molecule has 2 heterocycles. The summed E-state index contributed by atoms with van der Waals surface area (Å²) in [5.74, 6) is -0.615. The number of fused-ring (bicyclic) bond motifs is 3. The van der Waals surface area contributed by atoms with Crippen LogP contribution in [0, 0.1) is 6.92 Å². The molecule has 1 aliphatic heterocycles. The third-order valence-electron chi connectivity index (χ3n) is 4.21. The van der Waals surface area contributed by atoms with E-state index >= 15 is 0 Å². The molecule has 0 saturated carbocycles. The van der Waals surface area contributed by atoms with Crippen LogP contribution in [-0.2, 0) is 11.2 Å². The summed E-state index contributed by atoms with van der Waals surface area (Å²) in [5, 5.41) is 0.788. The Bertz CT molecular complexity index is 967. The number of carbonyl (C=O) groups excluding carboxylic acids is 1. The van der Waals surface area contributed by atoms with Crippen LogP contribution in [0.3, 0.4) is 0 Å². The molecule has 114 valence electrons. The van der Waals surface area contributed by atoms with Crippen molar-refractivity contribution in [3.05, 3.63) is 81.2 Å². The fourth-order valence-corrected chi connectivity index (χ4v) is 3.01. The summed E-state index contributed by atoms with van der Waals surface area (Å²) in [6, 6.07) is 15.1. The van der Waals surface area contributed by atoms with Gasteiger partial charge in [-0.05, 0) is 24.1 Å². The molecule has 0 amide bonds. The largest absolute Gasteiger partial charge is 0.453 e. The predicted molar refractivity (Wildman–Crippen MR) is 85.5 cm³/mol. The number of ether oxygens (including phenoxy) is 1. The monoisotopic (exact) mass is 306 g/mol. The molecule has 0 aliphatic carbocycles. The van der Waals surface area contributed by atoms with Crippen molar-refractivity contribution in [2.75, 3.05) is 0 Å². The molecule has 0 fully saturated rings. The minimum absolute atomic E-state index is 0.0204. The minimum atomic E-state index is -0.633. The summed E-state index contributed by atoms with van der Waals surface area (Å²) in [7, 11) is 0. The van der Waals surface area contributed by atoms with Gasteiger partial charge >= 0.3 is 11.6 Å². The molecule has 0 bridgehead atoms. The summed E-state index contributed by atoms with van der Waals surface area (Å²) in [6.07, 6.45) is 0.0804. The lowest BCUT2D eigenvalue weighted by Gasteiger charge is -2.25. The Balaban J connectivity index is 1.89. The first kappa shape index (κ1) is 13.8. The maximum Gasteiger partial charge on any atom is 0.351 e. The van der Waals surface area contributed by atoms with Gasteiger partial charge in [0, 0.05) is 11.8 Å². The van der Waals surface area contributed by atoms with Crippen molar-refractivity contribution in [1.29, 1.82) is 0 Å². The Morgan fingerprint density at radius 1 is 1.00 bits per heavy atom. The normalized spacial score (nSPS) is 16.9. The second-order valence-electron chi connectivity index (χ2n) is 5.75. The van der Waals surface area contributed by atoms with Gasteiger partial charge in [-0.15, -0.1) is 0 Å². The Labute approximate surface area is 132 Å². The zero-order valence-corrected chi connectivity index (χ0v) is 12.5. The van der Waals surface area contributed by atoms with E-state index in [9.17, 15) is 9.59 Å². The summed E-state index contributed by atoms with van der Waals surface area (Å²) in [4.78, 5) is 24.4. The number of hydrogen-bond donors (Lipinski definition) is 0. The van der Waals surface area contributed by atoms with Gasteiger partial charge in [0.2, 0.25) is 0 Å². The highest BCUT2D eigenvalue weighted by Gasteiger charge is 2.32. The van der Waals surface area contributed by atoms with Gasteiger partial charge in [-0.3, -0.25) is 0 Å². The fraction of sp³-hybridized carbons (Fsp3) is 0.158. The highest BCUT2D eigenvalue weighted by atomic mass is 16.5. The van der Waals surface area contributed by atoms with E-state index in [1.54, 1.807) is 12.1 Å². The van der Waals surface area contributed by atoms with Gasteiger partial charge in [-0.25, -0.2) is 9.59 Å². The van der Waals surface area contributed by atoms with Crippen molar-refractivity contribution < 1.29 is 13.9 Å². The first-order chi connectivity index (χ1) is 11.1. The summed E-state index contributed by atoms with van der Waals surface area (Å²) >= 11 is 0. The molecular weight excluding hydrogens is 292 g/mol. The van der Waals surface area contributed by atoms with E-state index in [4.69, 9.17) is 9.15 Å². The highest BCUT2D eigenvalue weighted by Crippen LogP contribution is 2.33. The van der Waals surface area contributed by atoms with E-state index in [-0.39, 0.29) is 11.7 Å². The molecule has 2 aromatic carbocycles. The zero-order valence-electron chi connectivity index (χ0n) is 12.5. The number of carbonyl (C=O) groups is 1. The topological polar surface area (TPSA) is 56.5 Å². The molecule has 1 unspecified atom stereocenters. The number of hydrogen-bond acceptors (Lipinski definition) is 4. The Kier molecular flexibility index (Phi) is 3.05. The first-order valence-corrected chi connectivity index (χ1v) is 7.46. The van der Waals surface area contributed by atoms with E-state index in [0.717, 1.165) is 16.5 Å². The van der Waals surface area contributed by atoms with E-state index in [1.807, 2.05) is 43.3 Å². The number of benzene rings is 2. The average Bonchev–Trinajstić information content (AvgIpc) is 2.55. The SMILES string of the molecule is Cc1ccc(C2Cc3c(c(=O)oc4ccccc34)C(=O)O2)cc1. The maximum absolute atomic E-state index is 12.3. The molecule has 4 rings (SSSR count). The van der Waals surface area contributed by atoms with Crippen LogP contribution >= 0.6 is 0 Å². The van der Waals surface area contributed by atoms with Crippen LogP contribution in [0.1, 0.15) is 33.2 Å². The number of esters is 1. The van der Waals surface area contributed by atoms with Crippen LogP contribution in [0.25, 0.3) is 11.0 Å². The van der Waals surface area contributed by atoms with E-state index in [2.05, 4.69) is 0 Å². The lowest BCUT2D eigenvalue weighted by Crippen LogP contribution is -2.28. The summed E-state index contributed by atoms with van der Waals surface area (Å²) < 4.78 is 10.7. The molecular formula is C19H14O4. The average molecular weight is 306 g/mol. The first-order valence-electron chi connectivity index (χ1n) is 7.46. The zero-order chi connectivity index (χ0) is 16.0. The second-order valence-corrected chi connectivity index (χ2v) is 5.75. The molecule has 4 nitrogen and oxygen atoms in total. The molecule has 0 N–H and O–H groups in total. The fourth-order valence-electron chi connectivity index (χ4n) is 3.01. The second kappa shape index (κ2) is 5.09. The molecule has 1 atom stereocenters. The van der Waals surface area contributed by atoms with Gasteiger partial charge in [0.25, 0.3) is 0 Å². The predicted octanol–water partition coefficient (Wildman–Crippen LogP) is 3.56. The van der Waals surface area contributed by atoms with Crippen molar-refractivity contribution in [2.24, 2.45) is 0 Å². The minimum Gasteiger partial charge on any atom is -0.453 e. The Hall–Kier alpha value is -2.88. The van der Waals surface area contributed by atoms with Crippen LogP contribution in [0.4, 0.5) is 0 Å². The maximum atomic E-state index is 12.3. The molecule has 23 heavy (non-hydrogen) atoms. The van der Waals surface area contributed by atoms with E-state index in [1.165, 1.54) is 0 Å². The molecule has 0 radical (unpaired) electrons. The number of rotatable bonds is 1. The van der Waals surface area contributed by atoms with Crippen LogP contribution in [0.15, 0.2) is 57.7 Å². The molecule has 3 aromatic rings. The van der Waals surface area contributed by atoms with Crippen molar-refractivity contribution >= 4 is 16.9 Å². The third kappa shape index (κ3) is 2.23. The Morgan fingerprint density at radius 3 is 2.52 bits per heavy atom. The van der Waals surface area contributed by atoms with Gasteiger partial charge < -0.3 is 9.15 Å². The van der Waals surface area contributed by atoms with Gasteiger partial charge in [-0.2, -0.15) is 0 Å². The highest BCUT2D eigenvalue weighted by molar-refractivity contribution is 5.97. The number of aryl methyl sites for hydroxylation is 1. The molecule has 0 saturated heterocycles. The van der Waals surface area contributed by atoms with Crippen LogP contribution in [0.5, 0.6) is 0 Å². The molecule has 1 aliphatic rings. The number of cyclic esters (lactones) is 1. The third-order valence-corrected chi connectivity index (χ3v) is 4.21. The molecule has 1 aromatic heterocycles. The van der Waals surface area contributed by atoms with E-state index < -0.39 is 11.6 Å². The van der Waals surface area contributed by atoms with Crippen LogP contribution in [0.2, 0.25) is 0 Å². The van der Waals surface area contributed by atoms with Gasteiger partial charge in [0.05, 0.1) is 0 Å². The standard InChI is InChI=1S/C19H14O4/c1-11-6-8-12(9-7-11)16-10-14-13-4-2-3-5-15(13)22-18(20)17(14)19(21)23-16/h2-9,16H,10H2,1H3. The summed E-state index contributed by atoms with van der Waals surface area (Å²) in [6.45, 7) is 2.00. The van der Waals surface area contributed by atoms with Crippen LogP contribution in [-0.4, -0.2) is 5.97 Å². The van der Waals surface area contributed by atoms with Crippen molar-refractivity contribution in [3.8, 4) is 0 Å². The smallest absolute Gasteiger partial charge is 0.351 e. The molecule has 0 spiro atoms. The van der Waals surface area contributed by atoms with Gasteiger partial charge in [0.15, 0.2) is 0 Å².